The number of furan rings is 1. The van der Waals surface area contributed by atoms with Gasteiger partial charge in [-0.3, -0.25) is 4.79 Å². The number of amides is 1. The molecule has 0 bridgehead atoms. The molecule has 1 aromatic heterocycles. The lowest BCUT2D eigenvalue weighted by Crippen LogP contribution is -2.19. The van der Waals surface area contributed by atoms with Crippen LogP contribution in [0.4, 0.5) is 4.39 Å². The fraction of sp³-hybridized carbons (Fsp3) is 0.214. The van der Waals surface area contributed by atoms with E-state index in [1.165, 1.54) is 18.2 Å². The van der Waals surface area contributed by atoms with Gasteiger partial charge in [0.15, 0.2) is 0 Å². The second-order valence-electron chi connectivity index (χ2n) is 4.29. The molecule has 0 aliphatic carbocycles. The smallest absolute Gasteiger partial charge is 0.248 e. The third-order valence-corrected chi connectivity index (χ3v) is 2.90. The first-order valence-corrected chi connectivity index (χ1v) is 5.93. The van der Waals surface area contributed by atoms with E-state index in [1.807, 2.05) is 13.0 Å². The van der Waals surface area contributed by atoms with Crippen LogP contribution in [0, 0.1) is 5.82 Å². The summed E-state index contributed by atoms with van der Waals surface area (Å²) in [5.74, 6) is -0.170. The van der Waals surface area contributed by atoms with Gasteiger partial charge in [-0.2, -0.15) is 0 Å². The summed E-state index contributed by atoms with van der Waals surface area (Å²) in [6, 6.07) is 7.66. The third-order valence-electron chi connectivity index (χ3n) is 2.90. The van der Waals surface area contributed by atoms with Crippen LogP contribution in [0.25, 0.3) is 0 Å². The van der Waals surface area contributed by atoms with Crippen molar-refractivity contribution < 1.29 is 13.6 Å². The van der Waals surface area contributed by atoms with E-state index in [0.717, 1.165) is 5.76 Å². The molecule has 0 radical (unpaired) electrons. The van der Waals surface area contributed by atoms with Crippen molar-refractivity contribution in [3.8, 4) is 0 Å². The van der Waals surface area contributed by atoms with Crippen molar-refractivity contribution >= 4 is 5.91 Å². The van der Waals surface area contributed by atoms with Crippen LogP contribution in [0.3, 0.4) is 0 Å². The van der Waals surface area contributed by atoms with Gasteiger partial charge in [-0.1, -0.05) is 0 Å². The fourth-order valence-corrected chi connectivity index (χ4v) is 1.76. The Balaban J connectivity index is 2.06. The number of carbonyl (C=O) groups excluding carboxylic acids is 1. The number of hydrogen-bond acceptors (Lipinski definition) is 3. The number of nitrogens with two attached hydrogens (primary N) is 1. The minimum atomic E-state index is -0.569. The van der Waals surface area contributed by atoms with E-state index in [-0.39, 0.29) is 18.4 Å². The zero-order chi connectivity index (χ0) is 13.8. The fourth-order valence-electron chi connectivity index (χ4n) is 1.76. The maximum Gasteiger partial charge on any atom is 0.248 e. The molecule has 4 nitrogen and oxygen atoms in total. The molecule has 19 heavy (non-hydrogen) atoms. The molecule has 0 saturated heterocycles. The number of rotatable bonds is 5. The predicted molar refractivity (Wildman–Crippen MR) is 68.9 cm³/mol. The van der Waals surface area contributed by atoms with E-state index in [4.69, 9.17) is 10.2 Å². The Bertz CT molecular complexity index is 567. The standard InChI is InChI=1S/C14H15FN2O2/c1-9(13-3-2-6-19-13)17-8-11-7-10(14(16)18)4-5-12(11)15/h2-7,9,17H,8H2,1H3,(H2,16,18)/t9-/m1/s1. The molecule has 0 spiro atoms. The largest absolute Gasteiger partial charge is 0.468 e. The number of halogens is 1. The molecule has 2 rings (SSSR count). The van der Waals surface area contributed by atoms with E-state index >= 15 is 0 Å². The lowest BCUT2D eigenvalue weighted by molar-refractivity contribution is 0.1000. The molecule has 1 amide bonds. The van der Waals surface area contributed by atoms with Crippen LogP contribution >= 0.6 is 0 Å². The molecular weight excluding hydrogens is 247 g/mol. The quantitative estimate of drug-likeness (QED) is 0.869. The highest BCUT2D eigenvalue weighted by molar-refractivity contribution is 5.92. The summed E-state index contributed by atoms with van der Waals surface area (Å²) in [6.45, 7) is 2.20. The molecule has 0 aliphatic rings. The highest BCUT2D eigenvalue weighted by atomic mass is 19.1. The molecule has 0 aliphatic heterocycles. The number of benzene rings is 1. The van der Waals surface area contributed by atoms with Crippen LogP contribution in [0.15, 0.2) is 41.0 Å². The van der Waals surface area contributed by atoms with Gasteiger partial charge < -0.3 is 15.5 Å². The summed E-state index contributed by atoms with van der Waals surface area (Å²) in [5.41, 5.74) is 5.86. The van der Waals surface area contributed by atoms with Crippen molar-refractivity contribution in [2.45, 2.75) is 19.5 Å². The van der Waals surface area contributed by atoms with Gasteiger partial charge >= 0.3 is 0 Å². The molecule has 1 aromatic carbocycles. The Morgan fingerprint density at radius 3 is 2.89 bits per heavy atom. The van der Waals surface area contributed by atoms with Crippen LogP contribution < -0.4 is 11.1 Å². The van der Waals surface area contributed by atoms with E-state index in [2.05, 4.69) is 5.32 Å². The summed E-state index contributed by atoms with van der Waals surface area (Å²) >= 11 is 0. The maximum atomic E-state index is 13.6. The van der Waals surface area contributed by atoms with Gasteiger partial charge in [0, 0.05) is 17.7 Å². The van der Waals surface area contributed by atoms with Crippen molar-refractivity contribution in [1.82, 2.24) is 5.32 Å². The number of carbonyl (C=O) groups is 1. The molecular formula is C14H15FN2O2. The number of hydrogen-bond donors (Lipinski definition) is 2. The topological polar surface area (TPSA) is 68.3 Å². The van der Waals surface area contributed by atoms with Crippen molar-refractivity contribution in [1.29, 1.82) is 0 Å². The van der Waals surface area contributed by atoms with E-state index in [9.17, 15) is 9.18 Å². The zero-order valence-electron chi connectivity index (χ0n) is 10.5. The average molecular weight is 262 g/mol. The normalized spacial score (nSPS) is 12.3. The second-order valence-corrected chi connectivity index (χ2v) is 4.29. The van der Waals surface area contributed by atoms with Gasteiger partial charge in [-0.05, 0) is 37.3 Å². The van der Waals surface area contributed by atoms with E-state index in [1.54, 1.807) is 12.3 Å². The molecule has 1 atom stereocenters. The van der Waals surface area contributed by atoms with Crippen LogP contribution in [0.1, 0.15) is 34.6 Å². The van der Waals surface area contributed by atoms with Gasteiger partial charge in [0.1, 0.15) is 11.6 Å². The molecule has 2 aromatic rings. The third kappa shape index (κ3) is 3.20. The van der Waals surface area contributed by atoms with Crippen LogP contribution in [0.5, 0.6) is 0 Å². The SMILES string of the molecule is C[C@@H](NCc1cc(C(N)=O)ccc1F)c1ccco1. The van der Waals surface area contributed by atoms with Gasteiger partial charge in [0.2, 0.25) is 5.91 Å². The number of nitrogens with one attached hydrogen (secondary N) is 1. The van der Waals surface area contributed by atoms with E-state index < -0.39 is 5.91 Å². The zero-order valence-corrected chi connectivity index (χ0v) is 10.5. The lowest BCUT2D eigenvalue weighted by Gasteiger charge is -2.12. The average Bonchev–Trinajstić information content (AvgIpc) is 2.91. The first-order chi connectivity index (χ1) is 9.08. The van der Waals surface area contributed by atoms with Crippen LogP contribution in [-0.4, -0.2) is 5.91 Å². The predicted octanol–water partition coefficient (Wildman–Crippen LogP) is 2.37. The highest BCUT2D eigenvalue weighted by Crippen LogP contribution is 2.15. The van der Waals surface area contributed by atoms with Gasteiger partial charge in [-0.15, -0.1) is 0 Å². The molecule has 5 heteroatoms. The van der Waals surface area contributed by atoms with Crippen LogP contribution in [0.2, 0.25) is 0 Å². The Morgan fingerprint density at radius 2 is 2.26 bits per heavy atom. The first kappa shape index (κ1) is 13.3. The minimum absolute atomic E-state index is 0.0494. The molecule has 1 heterocycles. The molecule has 100 valence electrons. The van der Waals surface area contributed by atoms with Crippen molar-refractivity contribution in [3.05, 3.63) is 59.3 Å². The van der Waals surface area contributed by atoms with Crippen molar-refractivity contribution in [3.63, 3.8) is 0 Å². The van der Waals surface area contributed by atoms with Crippen molar-refractivity contribution in [2.24, 2.45) is 5.73 Å². The monoisotopic (exact) mass is 262 g/mol. The summed E-state index contributed by atoms with van der Waals surface area (Å²) < 4.78 is 18.9. The molecule has 0 saturated carbocycles. The minimum Gasteiger partial charge on any atom is -0.468 e. The second kappa shape index (κ2) is 5.67. The Hall–Kier alpha value is -2.14. The number of primary amides is 1. The summed E-state index contributed by atoms with van der Waals surface area (Å²) in [4.78, 5) is 11.1. The Labute approximate surface area is 110 Å². The van der Waals surface area contributed by atoms with Gasteiger partial charge in [0.25, 0.3) is 0 Å². The maximum absolute atomic E-state index is 13.6. The molecule has 0 unspecified atom stereocenters. The Morgan fingerprint density at radius 1 is 1.47 bits per heavy atom. The summed E-state index contributed by atoms with van der Waals surface area (Å²) in [7, 11) is 0. The van der Waals surface area contributed by atoms with Gasteiger partial charge in [0.05, 0.1) is 12.3 Å². The molecule has 0 fully saturated rings. The van der Waals surface area contributed by atoms with Crippen molar-refractivity contribution in [2.75, 3.05) is 0 Å². The lowest BCUT2D eigenvalue weighted by atomic mass is 10.1. The van der Waals surface area contributed by atoms with E-state index in [0.29, 0.717) is 11.1 Å². The van der Waals surface area contributed by atoms with Gasteiger partial charge in [-0.25, -0.2) is 4.39 Å². The summed E-state index contributed by atoms with van der Waals surface area (Å²) in [5, 5.41) is 3.12. The molecule has 3 N–H and O–H groups in total. The first-order valence-electron chi connectivity index (χ1n) is 5.93. The van der Waals surface area contributed by atoms with Crippen LogP contribution in [-0.2, 0) is 6.54 Å². The highest BCUT2D eigenvalue weighted by Gasteiger charge is 2.11. The summed E-state index contributed by atoms with van der Waals surface area (Å²) in [6.07, 6.45) is 1.59. The Kier molecular flexibility index (Phi) is 3.97.